The lowest BCUT2D eigenvalue weighted by Crippen LogP contribution is -2.55. The molecule has 4 heteroatoms. The first-order chi connectivity index (χ1) is 12.6. The van der Waals surface area contributed by atoms with E-state index in [1.54, 1.807) is 0 Å². The van der Waals surface area contributed by atoms with Crippen LogP contribution in [-0.4, -0.2) is 49.6 Å². The van der Waals surface area contributed by atoms with E-state index < -0.39 is 0 Å². The van der Waals surface area contributed by atoms with Crippen molar-refractivity contribution in [3.8, 4) is 0 Å². The Morgan fingerprint density at radius 3 is 2.73 bits per heavy atom. The van der Waals surface area contributed by atoms with Crippen LogP contribution in [0.3, 0.4) is 0 Å². The Balaban J connectivity index is 1.67. The maximum absolute atomic E-state index is 13.0. The zero-order valence-electron chi connectivity index (χ0n) is 16.5. The quantitative estimate of drug-likeness (QED) is 0.787. The largest absolute Gasteiger partial charge is 0.350 e. The Hall–Kier alpha value is -1.39. The van der Waals surface area contributed by atoms with Crippen molar-refractivity contribution in [2.45, 2.75) is 57.4 Å². The average Bonchev–Trinajstić information content (AvgIpc) is 3.19. The topological polar surface area (TPSA) is 44.4 Å². The first-order valence-electron chi connectivity index (χ1n) is 10.4. The SMILES string of the molecule is CCN(C)C1(CNC(=O)c2ccccc2CC2CCNC2)CCCCC1. The van der Waals surface area contributed by atoms with Crippen molar-refractivity contribution in [3.63, 3.8) is 0 Å². The highest BCUT2D eigenvalue weighted by atomic mass is 16.1. The van der Waals surface area contributed by atoms with Gasteiger partial charge >= 0.3 is 0 Å². The van der Waals surface area contributed by atoms with Crippen LogP contribution >= 0.6 is 0 Å². The lowest BCUT2D eigenvalue weighted by molar-refractivity contribution is 0.0699. The molecule has 1 saturated heterocycles. The Morgan fingerprint density at radius 2 is 2.04 bits per heavy atom. The molecule has 1 aliphatic carbocycles. The fraction of sp³-hybridized carbons (Fsp3) is 0.682. The number of likely N-dealkylation sites (N-methyl/N-ethyl adjacent to an activating group) is 1. The zero-order chi connectivity index (χ0) is 18.4. The second kappa shape index (κ2) is 9.01. The normalized spacial score (nSPS) is 22.5. The van der Waals surface area contributed by atoms with Gasteiger partial charge in [0.25, 0.3) is 5.91 Å². The van der Waals surface area contributed by atoms with Crippen LogP contribution < -0.4 is 10.6 Å². The van der Waals surface area contributed by atoms with Gasteiger partial charge in [0.15, 0.2) is 0 Å². The predicted molar refractivity (Wildman–Crippen MR) is 108 cm³/mol. The van der Waals surface area contributed by atoms with Crippen molar-refractivity contribution >= 4 is 5.91 Å². The van der Waals surface area contributed by atoms with Crippen molar-refractivity contribution in [1.29, 1.82) is 0 Å². The van der Waals surface area contributed by atoms with Gasteiger partial charge < -0.3 is 10.6 Å². The number of benzene rings is 1. The van der Waals surface area contributed by atoms with E-state index in [0.29, 0.717) is 5.92 Å². The van der Waals surface area contributed by atoms with Crippen molar-refractivity contribution in [3.05, 3.63) is 35.4 Å². The van der Waals surface area contributed by atoms with Gasteiger partial charge in [0.1, 0.15) is 0 Å². The molecule has 0 spiro atoms. The van der Waals surface area contributed by atoms with E-state index in [1.807, 2.05) is 12.1 Å². The van der Waals surface area contributed by atoms with Crippen LogP contribution in [0, 0.1) is 5.92 Å². The number of hydrogen-bond donors (Lipinski definition) is 2. The summed E-state index contributed by atoms with van der Waals surface area (Å²) in [6.07, 6.45) is 8.44. The van der Waals surface area contributed by atoms with E-state index in [0.717, 1.165) is 38.2 Å². The summed E-state index contributed by atoms with van der Waals surface area (Å²) < 4.78 is 0. The van der Waals surface area contributed by atoms with E-state index in [2.05, 4.69) is 41.6 Å². The highest BCUT2D eigenvalue weighted by Gasteiger charge is 2.35. The molecule has 1 saturated carbocycles. The first kappa shape index (κ1) is 19.4. The smallest absolute Gasteiger partial charge is 0.251 e. The number of hydrogen-bond acceptors (Lipinski definition) is 3. The van der Waals surface area contributed by atoms with Gasteiger partial charge in [-0.25, -0.2) is 0 Å². The van der Waals surface area contributed by atoms with E-state index in [-0.39, 0.29) is 11.4 Å². The van der Waals surface area contributed by atoms with Gasteiger partial charge in [-0.2, -0.15) is 0 Å². The summed E-state index contributed by atoms with van der Waals surface area (Å²) in [5.74, 6) is 0.751. The summed E-state index contributed by atoms with van der Waals surface area (Å²) in [6, 6.07) is 8.16. The fourth-order valence-electron chi connectivity index (χ4n) is 4.70. The van der Waals surface area contributed by atoms with Crippen LogP contribution in [0.5, 0.6) is 0 Å². The zero-order valence-corrected chi connectivity index (χ0v) is 16.5. The minimum absolute atomic E-state index is 0.0982. The van der Waals surface area contributed by atoms with E-state index >= 15 is 0 Å². The summed E-state index contributed by atoms with van der Waals surface area (Å²) in [5.41, 5.74) is 2.19. The fourth-order valence-corrected chi connectivity index (χ4v) is 4.70. The van der Waals surface area contributed by atoms with Crippen LogP contribution in [-0.2, 0) is 6.42 Å². The molecule has 1 heterocycles. The van der Waals surface area contributed by atoms with Crippen LogP contribution in [0.4, 0.5) is 0 Å². The summed E-state index contributed by atoms with van der Waals surface area (Å²) in [5, 5.41) is 6.72. The van der Waals surface area contributed by atoms with Crippen LogP contribution in [0.2, 0.25) is 0 Å². The van der Waals surface area contributed by atoms with E-state index in [9.17, 15) is 4.79 Å². The highest BCUT2D eigenvalue weighted by molar-refractivity contribution is 5.95. The minimum Gasteiger partial charge on any atom is -0.350 e. The van der Waals surface area contributed by atoms with E-state index in [1.165, 1.54) is 44.1 Å². The lowest BCUT2D eigenvalue weighted by atomic mass is 9.80. The summed E-state index contributed by atoms with van der Waals surface area (Å²) in [6.45, 7) is 6.17. The number of rotatable bonds is 7. The molecule has 2 N–H and O–H groups in total. The van der Waals surface area contributed by atoms with Gasteiger partial charge in [-0.1, -0.05) is 44.4 Å². The van der Waals surface area contributed by atoms with Crippen LogP contribution in [0.1, 0.15) is 61.4 Å². The molecule has 0 aromatic heterocycles. The van der Waals surface area contributed by atoms with Gasteiger partial charge in [0.2, 0.25) is 0 Å². The Labute approximate surface area is 158 Å². The van der Waals surface area contributed by atoms with Gasteiger partial charge in [0.05, 0.1) is 0 Å². The molecule has 26 heavy (non-hydrogen) atoms. The maximum Gasteiger partial charge on any atom is 0.251 e. The molecular weight excluding hydrogens is 322 g/mol. The number of carbonyl (C=O) groups excluding carboxylic acids is 1. The van der Waals surface area contributed by atoms with Crippen molar-refractivity contribution in [2.24, 2.45) is 5.92 Å². The van der Waals surface area contributed by atoms with Gasteiger partial charge in [-0.3, -0.25) is 9.69 Å². The van der Waals surface area contributed by atoms with Gasteiger partial charge in [-0.15, -0.1) is 0 Å². The molecule has 1 aliphatic heterocycles. The summed E-state index contributed by atoms with van der Waals surface area (Å²) in [4.78, 5) is 15.4. The molecule has 144 valence electrons. The molecule has 1 amide bonds. The number of nitrogens with one attached hydrogen (secondary N) is 2. The number of carbonyl (C=O) groups is 1. The van der Waals surface area contributed by atoms with E-state index in [4.69, 9.17) is 0 Å². The molecule has 1 aromatic carbocycles. The van der Waals surface area contributed by atoms with Crippen molar-refractivity contribution in [2.75, 3.05) is 33.2 Å². The van der Waals surface area contributed by atoms with Crippen LogP contribution in [0.15, 0.2) is 24.3 Å². The van der Waals surface area contributed by atoms with Crippen molar-refractivity contribution in [1.82, 2.24) is 15.5 Å². The maximum atomic E-state index is 13.0. The molecule has 4 nitrogen and oxygen atoms in total. The Kier molecular flexibility index (Phi) is 6.71. The summed E-state index contributed by atoms with van der Waals surface area (Å²) in [7, 11) is 2.21. The molecule has 0 radical (unpaired) electrons. The molecule has 1 atom stereocenters. The standard InChI is InChI=1S/C22H35N3O/c1-3-25(2)22(12-7-4-8-13-22)17-24-21(26)20-10-6-5-9-19(20)15-18-11-14-23-16-18/h5-6,9-10,18,23H,3-4,7-8,11-17H2,1-2H3,(H,24,26). The van der Waals surface area contributed by atoms with Gasteiger partial charge in [0, 0.05) is 17.6 Å². The minimum atomic E-state index is 0.0982. The second-order valence-electron chi connectivity index (χ2n) is 8.20. The van der Waals surface area contributed by atoms with Crippen LogP contribution in [0.25, 0.3) is 0 Å². The molecule has 0 bridgehead atoms. The molecule has 3 rings (SSSR count). The lowest BCUT2D eigenvalue weighted by Gasteiger charge is -2.44. The summed E-state index contributed by atoms with van der Waals surface area (Å²) >= 11 is 0. The molecule has 1 unspecified atom stereocenters. The molecule has 1 aromatic rings. The number of amides is 1. The molecule has 2 fully saturated rings. The molecule has 2 aliphatic rings. The highest BCUT2D eigenvalue weighted by Crippen LogP contribution is 2.32. The monoisotopic (exact) mass is 357 g/mol. The first-order valence-corrected chi connectivity index (χ1v) is 10.4. The second-order valence-corrected chi connectivity index (χ2v) is 8.20. The third kappa shape index (κ3) is 4.47. The third-order valence-corrected chi connectivity index (χ3v) is 6.58. The average molecular weight is 358 g/mol. The molecular formula is C22H35N3O. The van der Waals surface area contributed by atoms with Gasteiger partial charge in [-0.05, 0) is 69.9 Å². The third-order valence-electron chi connectivity index (χ3n) is 6.58. The van der Waals surface area contributed by atoms with Crippen molar-refractivity contribution < 1.29 is 4.79 Å². The Morgan fingerprint density at radius 1 is 1.27 bits per heavy atom. The predicted octanol–water partition coefficient (Wildman–Crippen LogP) is 3.22. The number of nitrogens with zero attached hydrogens (tertiary/aromatic N) is 1. The Bertz CT molecular complexity index is 589.